The number of ether oxygens (including phenoxy) is 2. The monoisotopic (exact) mass is 428 g/mol. The first-order chi connectivity index (χ1) is 15.0. The summed E-state index contributed by atoms with van der Waals surface area (Å²) in [6.45, 7) is 6.79. The predicted molar refractivity (Wildman–Crippen MR) is 118 cm³/mol. The molecule has 0 unspecified atom stereocenters. The Morgan fingerprint density at radius 1 is 1.13 bits per heavy atom. The molecule has 1 aliphatic heterocycles. The number of nitrogens with zero attached hydrogens (tertiary/aromatic N) is 3. The lowest BCUT2D eigenvalue weighted by Gasteiger charge is -2.36. The number of methoxy groups -OCH3 is 1. The summed E-state index contributed by atoms with van der Waals surface area (Å²) in [4.78, 5) is 28.1. The van der Waals surface area contributed by atoms with Crippen LogP contribution in [-0.2, 0) is 0 Å². The molecule has 1 amide bonds. The molecule has 0 aliphatic carbocycles. The maximum absolute atomic E-state index is 12.6. The summed E-state index contributed by atoms with van der Waals surface area (Å²) in [7, 11) is 1.43. The van der Waals surface area contributed by atoms with Gasteiger partial charge in [-0.05, 0) is 19.1 Å². The number of rotatable bonds is 9. The molecule has 31 heavy (non-hydrogen) atoms. The van der Waals surface area contributed by atoms with E-state index in [-0.39, 0.29) is 22.7 Å². The Labute approximate surface area is 181 Å². The minimum absolute atomic E-state index is 0.0424. The summed E-state index contributed by atoms with van der Waals surface area (Å²) in [5.74, 6) is 0.0233. The highest BCUT2D eigenvalue weighted by Gasteiger charge is 2.25. The molecule has 1 aliphatic rings. The van der Waals surface area contributed by atoms with E-state index in [9.17, 15) is 14.9 Å². The highest BCUT2D eigenvalue weighted by atomic mass is 16.6. The Balaban J connectivity index is 1.55. The lowest BCUT2D eigenvalue weighted by Crippen LogP contribution is -2.48. The van der Waals surface area contributed by atoms with Gasteiger partial charge in [0.25, 0.3) is 11.6 Å². The van der Waals surface area contributed by atoms with Crippen LogP contribution in [0.2, 0.25) is 0 Å². The van der Waals surface area contributed by atoms with Crippen molar-refractivity contribution < 1.29 is 19.2 Å². The summed E-state index contributed by atoms with van der Waals surface area (Å²) in [5, 5.41) is 14.3. The summed E-state index contributed by atoms with van der Waals surface area (Å²) in [6, 6.07) is 12.9. The second-order valence-electron chi connectivity index (χ2n) is 7.13. The number of anilines is 1. The van der Waals surface area contributed by atoms with Crippen molar-refractivity contribution in [1.82, 2.24) is 10.2 Å². The number of benzene rings is 2. The minimum Gasteiger partial charge on any atom is -0.493 e. The molecule has 0 bridgehead atoms. The molecule has 0 aromatic heterocycles. The zero-order valence-electron chi connectivity index (χ0n) is 17.9. The van der Waals surface area contributed by atoms with Crippen LogP contribution in [0.3, 0.4) is 0 Å². The number of carbonyl (C=O) groups excluding carboxylic acids is 1. The van der Waals surface area contributed by atoms with Crippen LogP contribution >= 0.6 is 0 Å². The summed E-state index contributed by atoms with van der Waals surface area (Å²) in [5.41, 5.74) is 0.865. The lowest BCUT2D eigenvalue weighted by atomic mass is 10.1. The Morgan fingerprint density at radius 2 is 1.84 bits per heavy atom. The summed E-state index contributed by atoms with van der Waals surface area (Å²) < 4.78 is 10.6. The molecule has 0 radical (unpaired) electrons. The van der Waals surface area contributed by atoms with Crippen molar-refractivity contribution in [1.29, 1.82) is 0 Å². The van der Waals surface area contributed by atoms with Gasteiger partial charge >= 0.3 is 0 Å². The lowest BCUT2D eigenvalue weighted by molar-refractivity contribution is -0.385. The highest BCUT2D eigenvalue weighted by Crippen LogP contribution is 2.34. The molecule has 9 nitrogen and oxygen atoms in total. The molecule has 9 heteroatoms. The third-order valence-electron chi connectivity index (χ3n) is 5.23. The van der Waals surface area contributed by atoms with E-state index >= 15 is 0 Å². The summed E-state index contributed by atoms with van der Waals surface area (Å²) >= 11 is 0. The van der Waals surface area contributed by atoms with Crippen LogP contribution in [0.5, 0.6) is 11.5 Å². The SMILES string of the molecule is CCOc1cc([N+](=O)[O-])c(C(=O)NCCN2CCN(c3ccccc3)CC2)cc1OC. The van der Waals surface area contributed by atoms with Crippen molar-refractivity contribution in [3.63, 3.8) is 0 Å². The fraction of sp³-hybridized carbons (Fsp3) is 0.409. The number of nitro benzene ring substituents is 1. The quantitative estimate of drug-likeness (QED) is 0.484. The number of hydrogen-bond acceptors (Lipinski definition) is 7. The van der Waals surface area contributed by atoms with E-state index in [1.54, 1.807) is 6.92 Å². The molecule has 0 spiro atoms. The van der Waals surface area contributed by atoms with Crippen molar-refractivity contribution in [3.05, 3.63) is 58.1 Å². The van der Waals surface area contributed by atoms with Crippen molar-refractivity contribution in [2.24, 2.45) is 0 Å². The van der Waals surface area contributed by atoms with Crippen LogP contribution < -0.4 is 19.7 Å². The second kappa shape index (κ2) is 10.6. The fourth-order valence-electron chi connectivity index (χ4n) is 3.60. The van der Waals surface area contributed by atoms with Gasteiger partial charge in [-0.1, -0.05) is 18.2 Å². The van der Waals surface area contributed by atoms with Crippen LogP contribution in [0.1, 0.15) is 17.3 Å². The Morgan fingerprint density at radius 3 is 2.45 bits per heavy atom. The fourth-order valence-corrected chi connectivity index (χ4v) is 3.60. The molecule has 1 N–H and O–H groups in total. The number of amides is 1. The molecule has 2 aromatic rings. The van der Waals surface area contributed by atoms with Gasteiger partial charge in [-0.3, -0.25) is 19.8 Å². The summed E-state index contributed by atoms with van der Waals surface area (Å²) in [6.07, 6.45) is 0. The molecular weight excluding hydrogens is 400 g/mol. The van der Waals surface area contributed by atoms with Gasteiger partial charge in [-0.25, -0.2) is 0 Å². The molecule has 3 rings (SSSR count). The maximum Gasteiger partial charge on any atom is 0.286 e. The van der Waals surface area contributed by atoms with Crippen LogP contribution in [0, 0.1) is 10.1 Å². The normalized spacial score (nSPS) is 14.2. The third kappa shape index (κ3) is 5.64. The number of para-hydroxylation sites is 1. The van der Waals surface area contributed by atoms with E-state index in [1.165, 1.54) is 24.9 Å². The van der Waals surface area contributed by atoms with Crippen LogP contribution in [0.4, 0.5) is 11.4 Å². The molecule has 1 fully saturated rings. The van der Waals surface area contributed by atoms with Crippen LogP contribution in [0.25, 0.3) is 0 Å². The van der Waals surface area contributed by atoms with Gasteiger partial charge in [0.15, 0.2) is 11.5 Å². The second-order valence-corrected chi connectivity index (χ2v) is 7.13. The Hall–Kier alpha value is -3.33. The number of nitro groups is 1. The predicted octanol–water partition coefficient (Wildman–Crippen LogP) is 2.55. The van der Waals surface area contributed by atoms with Crippen LogP contribution in [-0.4, -0.2) is 68.7 Å². The Kier molecular flexibility index (Phi) is 7.66. The van der Waals surface area contributed by atoms with Gasteiger partial charge in [0, 0.05) is 51.0 Å². The highest BCUT2D eigenvalue weighted by molar-refractivity contribution is 5.99. The number of hydrogen-bond donors (Lipinski definition) is 1. The number of piperazine rings is 1. The first-order valence-electron chi connectivity index (χ1n) is 10.3. The average Bonchev–Trinajstić information content (AvgIpc) is 2.80. The first kappa shape index (κ1) is 22.4. The van der Waals surface area contributed by atoms with E-state index in [4.69, 9.17) is 9.47 Å². The molecule has 0 saturated carbocycles. The van der Waals surface area contributed by atoms with Gasteiger partial charge in [0.1, 0.15) is 5.56 Å². The van der Waals surface area contributed by atoms with Crippen molar-refractivity contribution in [2.45, 2.75) is 6.92 Å². The first-order valence-corrected chi connectivity index (χ1v) is 10.3. The number of carbonyl (C=O) groups is 1. The molecule has 166 valence electrons. The Bertz CT molecular complexity index is 898. The zero-order valence-corrected chi connectivity index (χ0v) is 17.9. The largest absolute Gasteiger partial charge is 0.493 e. The van der Waals surface area contributed by atoms with Gasteiger partial charge < -0.3 is 19.7 Å². The average molecular weight is 428 g/mol. The van der Waals surface area contributed by atoms with Crippen molar-refractivity contribution >= 4 is 17.3 Å². The molecule has 2 aromatic carbocycles. The molecule has 1 heterocycles. The van der Waals surface area contributed by atoms with Gasteiger partial charge in [0.2, 0.25) is 0 Å². The zero-order chi connectivity index (χ0) is 22.2. The van der Waals surface area contributed by atoms with E-state index < -0.39 is 10.8 Å². The smallest absolute Gasteiger partial charge is 0.286 e. The maximum atomic E-state index is 12.6. The topological polar surface area (TPSA) is 97.2 Å². The third-order valence-corrected chi connectivity index (χ3v) is 5.23. The molecule has 1 saturated heterocycles. The van der Waals surface area contributed by atoms with Gasteiger partial charge in [-0.15, -0.1) is 0 Å². The number of nitrogens with one attached hydrogen (secondary N) is 1. The van der Waals surface area contributed by atoms with E-state index in [0.717, 1.165) is 26.2 Å². The minimum atomic E-state index is -0.584. The van der Waals surface area contributed by atoms with Crippen molar-refractivity contribution in [3.8, 4) is 11.5 Å². The van der Waals surface area contributed by atoms with Crippen molar-refractivity contribution in [2.75, 3.05) is 57.9 Å². The van der Waals surface area contributed by atoms with E-state index in [2.05, 4.69) is 27.2 Å². The van der Waals surface area contributed by atoms with E-state index in [0.29, 0.717) is 19.7 Å². The molecule has 0 atom stereocenters. The standard InChI is InChI=1S/C22H28N4O5/c1-3-31-21-16-19(26(28)29)18(15-20(21)30-2)22(27)23-9-10-24-11-13-25(14-12-24)17-7-5-4-6-8-17/h4-8,15-16H,3,9-14H2,1-2H3,(H,23,27). The molecular formula is C22H28N4O5. The van der Waals surface area contributed by atoms with Gasteiger partial charge in [0.05, 0.1) is 24.7 Å². The van der Waals surface area contributed by atoms with E-state index in [1.807, 2.05) is 18.2 Å². The van der Waals surface area contributed by atoms with Crippen LogP contribution in [0.15, 0.2) is 42.5 Å². The van der Waals surface area contributed by atoms with Gasteiger partial charge in [-0.2, -0.15) is 0 Å².